The van der Waals surface area contributed by atoms with E-state index < -0.39 is 0 Å². The molecule has 6 nitrogen and oxygen atoms in total. The Morgan fingerprint density at radius 1 is 1.21 bits per heavy atom. The minimum absolute atomic E-state index is 0.0416. The van der Waals surface area contributed by atoms with Crippen LogP contribution in [0.15, 0.2) is 67.1 Å². The van der Waals surface area contributed by atoms with Gasteiger partial charge in [0.1, 0.15) is 11.6 Å². The summed E-state index contributed by atoms with van der Waals surface area (Å²) >= 11 is 0. The van der Waals surface area contributed by atoms with Crippen LogP contribution < -0.4 is 0 Å². The number of halogens is 1. The first-order valence-corrected chi connectivity index (χ1v) is 11.2. The number of nitrogens with one attached hydrogen (secondary N) is 1. The van der Waals surface area contributed by atoms with Crippen molar-refractivity contribution in [3.63, 3.8) is 0 Å². The van der Waals surface area contributed by atoms with E-state index in [0.29, 0.717) is 13.1 Å². The summed E-state index contributed by atoms with van der Waals surface area (Å²) in [5.74, 6) is 0.802. The maximum Gasteiger partial charge on any atom is 0.254 e. The number of aryl methyl sites for hydroxylation is 1. The average Bonchev–Trinajstić information content (AvgIpc) is 3.49. The molecule has 1 aliphatic heterocycles. The van der Waals surface area contributed by atoms with E-state index in [2.05, 4.69) is 15.2 Å². The number of piperidine rings is 1. The number of H-pyrrole nitrogens is 1. The molecule has 1 N–H and O–H groups in total. The average molecular weight is 444 g/mol. The number of carbonyl (C=O) groups excluding carboxylic acids is 1. The summed E-state index contributed by atoms with van der Waals surface area (Å²) in [6.07, 6.45) is 7.30. The zero-order valence-corrected chi connectivity index (χ0v) is 18.5. The normalized spacial score (nSPS) is 16.2. The molecule has 2 aromatic carbocycles. The predicted molar refractivity (Wildman–Crippen MR) is 124 cm³/mol. The van der Waals surface area contributed by atoms with Crippen molar-refractivity contribution in [2.45, 2.75) is 32.2 Å². The van der Waals surface area contributed by atoms with E-state index in [9.17, 15) is 9.18 Å². The summed E-state index contributed by atoms with van der Waals surface area (Å²) in [4.78, 5) is 19.8. The molecule has 33 heavy (non-hydrogen) atoms. The van der Waals surface area contributed by atoms with Crippen LogP contribution >= 0.6 is 0 Å². The first kappa shape index (κ1) is 21.1. The van der Waals surface area contributed by atoms with Gasteiger partial charge in [0.2, 0.25) is 0 Å². The quantitative estimate of drug-likeness (QED) is 0.482. The molecule has 0 bridgehead atoms. The number of carbonyl (C=O) groups is 1. The second-order valence-electron chi connectivity index (χ2n) is 8.56. The number of hydrogen-bond donors (Lipinski definition) is 1. The third kappa shape index (κ3) is 4.31. The monoisotopic (exact) mass is 443 g/mol. The Morgan fingerprint density at radius 2 is 2.09 bits per heavy atom. The van der Waals surface area contributed by atoms with Crippen molar-refractivity contribution in [3.05, 3.63) is 95.6 Å². The topological polar surface area (TPSA) is 66.8 Å². The summed E-state index contributed by atoms with van der Waals surface area (Å²) in [5, 5.41) is 7.36. The first-order valence-electron chi connectivity index (χ1n) is 11.2. The number of rotatable bonds is 5. The molecule has 1 fully saturated rings. The van der Waals surface area contributed by atoms with Gasteiger partial charge in [-0.25, -0.2) is 9.37 Å². The third-order valence-corrected chi connectivity index (χ3v) is 6.43. The minimum Gasteiger partial charge on any atom is -0.338 e. The van der Waals surface area contributed by atoms with E-state index in [4.69, 9.17) is 0 Å². The molecule has 1 aliphatic rings. The highest BCUT2D eigenvalue weighted by Gasteiger charge is 2.29. The minimum atomic E-state index is -0.273. The lowest BCUT2D eigenvalue weighted by molar-refractivity contribution is 0.0704. The van der Waals surface area contributed by atoms with Crippen LogP contribution in [0.3, 0.4) is 0 Å². The fraction of sp³-hybridized carbons (Fsp3) is 0.269. The van der Waals surface area contributed by atoms with Gasteiger partial charge in [0, 0.05) is 54.8 Å². The van der Waals surface area contributed by atoms with Crippen LogP contribution in [0.25, 0.3) is 11.1 Å². The molecule has 168 valence electrons. The number of nitrogens with zero attached hydrogens (tertiary/aromatic N) is 4. The number of likely N-dealkylation sites (tertiary alicyclic amines) is 1. The van der Waals surface area contributed by atoms with Gasteiger partial charge in [-0.3, -0.25) is 9.89 Å². The van der Waals surface area contributed by atoms with E-state index in [1.807, 2.05) is 52.9 Å². The summed E-state index contributed by atoms with van der Waals surface area (Å²) in [6, 6.07) is 14.3. The fourth-order valence-corrected chi connectivity index (χ4v) is 4.68. The molecule has 4 aromatic rings. The van der Waals surface area contributed by atoms with E-state index in [0.717, 1.165) is 53.2 Å². The molecule has 1 amide bonds. The van der Waals surface area contributed by atoms with Crippen LogP contribution in [0.4, 0.5) is 4.39 Å². The van der Waals surface area contributed by atoms with E-state index in [1.165, 1.54) is 12.1 Å². The molecule has 1 saturated heterocycles. The van der Waals surface area contributed by atoms with Gasteiger partial charge in [-0.2, -0.15) is 5.10 Å². The Morgan fingerprint density at radius 3 is 2.91 bits per heavy atom. The summed E-state index contributed by atoms with van der Waals surface area (Å²) < 4.78 is 15.8. The molecular formula is C26H26FN5O. The van der Waals surface area contributed by atoms with Crippen LogP contribution in [0.2, 0.25) is 0 Å². The number of imidazole rings is 1. The Hall–Kier alpha value is -3.74. The Balaban J connectivity index is 1.38. The van der Waals surface area contributed by atoms with Crippen molar-refractivity contribution in [3.8, 4) is 11.1 Å². The van der Waals surface area contributed by atoms with Crippen LogP contribution in [-0.4, -0.2) is 43.6 Å². The Labute approximate surface area is 192 Å². The van der Waals surface area contributed by atoms with Gasteiger partial charge in [-0.15, -0.1) is 0 Å². The summed E-state index contributed by atoms with van der Waals surface area (Å²) in [7, 11) is 0. The SMILES string of the molecule is Cc1nccn1Cc1ccccc1C(=O)N1CCCC(c2[nH]ncc2-c2cccc(F)c2)C1. The molecule has 7 heteroatoms. The second-order valence-corrected chi connectivity index (χ2v) is 8.56. The molecule has 3 heterocycles. The number of aromatic amines is 1. The van der Waals surface area contributed by atoms with E-state index in [-0.39, 0.29) is 17.6 Å². The zero-order valence-electron chi connectivity index (χ0n) is 18.5. The highest BCUT2D eigenvalue weighted by Crippen LogP contribution is 2.34. The van der Waals surface area contributed by atoms with Crippen LogP contribution in [-0.2, 0) is 6.54 Å². The fourth-order valence-electron chi connectivity index (χ4n) is 4.68. The molecule has 0 radical (unpaired) electrons. The lowest BCUT2D eigenvalue weighted by atomic mass is 9.90. The molecule has 5 rings (SSSR count). The van der Waals surface area contributed by atoms with Crippen LogP contribution in [0, 0.1) is 12.7 Å². The smallest absolute Gasteiger partial charge is 0.254 e. The van der Waals surface area contributed by atoms with Crippen LogP contribution in [0.5, 0.6) is 0 Å². The summed E-state index contributed by atoms with van der Waals surface area (Å²) in [5.41, 5.74) is 4.35. The van der Waals surface area contributed by atoms with Crippen molar-refractivity contribution in [2.24, 2.45) is 0 Å². The van der Waals surface area contributed by atoms with Gasteiger partial charge in [-0.05, 0) is 49.1 Å². The van der Waals surface area contributed by atoms with Gasteiger partial charge in [0.25, 0.3) is 5.91 Å². The molecule has 1 atom stereocenters. The van der Waals surface area contributed by atoms with E-state index in [1.54, 1.807) is 18.5 Å². The maximum absolute atomic E-state index is 13.8. The van der Waals surface area contributed by atoms with Crippen molar-refractivity contribution in [1.29, 1.82) is 0 Å². The Kier molecular flexibility index (Phi) is 5.77. The van der Waals surface area contributed by atoms with Crippen molar-refractivity contribution >= 4 is 5.91 Å². The van der Waals surface area contributed by atoms with Gasteiger partial charge >= 0.3 is 0 Å². The van der Waals surface area contributed by atoms with Gasteiger partial charge in [-0.1, -0.05) is 30.3 Å². The second kappa shape index (κ2) is 9.02. The number of hydrogen-bond acceptors (Lipinski definition) is 3. The third-order valence-electron chi connectivity index (χ3n) is 6.43. The predicted octanol–water partition coefficient (Wildman–Crippen LogP) is 4.79. The molecule has 0 spiro atoms. The highest BCUT2D eigenvalue weighted by atomic mass is 19.1. The van der Waals surface area contributed by atoms with Crippen molar-refractivity contribution < 1.29 is 9.18 Å². The zero-order chi connectivity index (χ0) is 22.8. The largest absolute Gasteiger partial charge is 0.338 e. The summed E-state index contributed by atoms with van der Waals surface area (Å²) in [6.45, 7) is 3.88. The maximum atomic E-state index is 13.8. The van der Waals surface area contributed by atoms with Crippen molar-refractivity contribution in [2.75, 3.05) is 13.1 Å². The molecule has 0 saturated carbocycles. The number of benzene rings is 2. The molecular weight excluding hydrogens is 417 g/mol. The standard InChI is InChI=1S/C26H26FN5O/c1-18-28-11-13-31(18)16-20-6-2-3-10-23(20)26(33)32-12-5-8-21(17-32)25-24(15-29-30-25)19-7-4-9-22(27)14-19/h2-4,6-7,9-11,13-15,21H,5,8,12,16-17H2,1H3,(H,29,30). The van der Waals surface area contributed by atoms with E-state index >= 15 is 0 Å². The molecule has 1 unspecified atom stereocenters. The number of aromatic nitrogens is 4. The number of amides is 1. The van der Waals surface area contributed by atoms with Gasteiger partial charge < -0.3 is 9.47 Å². The Bertz CT molecular complexity index is 1280. The highest BCUT2D eigenvalue weighted by molar-refractivity contribution is 5.95. The van der Waals surface area contributed by atoms with Gasteiger partial charge in [0.15, 0.2) is 0 Å². The van der Waals surface area contributed by atoms with Gasteiger partial charge in [0.05, 0.1) is 6.20 Å². The lowest BCUT2D eigenvalue weighted by Gasteiger charge is -2.33. The molecule has 2 aromatic heterocycles. The van der Waals surface area contributed by atoms with Crippen molar-refractivity contribution in [1.82, 2.24) is 24.6 Å². The lowest BCUT2D eigenvalue weighted by Crippen LogP contribution is -2.39. The molecule has 0 aliphatic carbocycles. The first-order chi connectivity index (χ1) is 16.1. The van der Waals surface area contributed by atoms with Crippen LogP contribution in [0.1, 0.15) is 46.2 Å².